The van der Waals surface area contributed by atoms with Crippen molar-refractivity contribution in [1.82, 2.24) is 20.9 Å². The van der Waals surface area contributed by atoms with Gasteiger partial charge in [0.15, 0.2) is 0 Å². The summed E-state index contributed by atoms with van der Waals surface area (Å²) in [6, 6.07) is 23.7. The number of carboxylic acid groups (broad SMARTS) is 1. The van der Waals surface area contributed by atoms with Gasteiger partial charge in [-0.1, -0.05) is 92.7 Å². The Morgan fingerprint density at radius 1 is 0.955 bits per heavy atom. The molecule has 0 radical (unpaired) electrons. The van der Waals surface area contributed by atoms with Gasteiger partial charge in [-0.25, -0.2) is 4.79 Å². The maximum absolute atomic E-state index is 12.9. The Balaban J connectivity index is 0.00000529. The molecule has 0 saturated carbocycles. The molecule has 3 atom stereocenters. The average molecular weight is 620 g/mol. The number of halogens is 1. The molecule has 234 valence electrons. The Morgan fingerprint density at radius 3 is 2.20 bits per heavy atom. The fourth-order valence-corrected chi connectivity index (χ4v) is 5.24. The first-order chi connectivity index (χ1) is 20.6. The largest absolute Gasteiger partial charge is 0.465 e. The molecule has 1 heterocycles. The van der Waals surface area contributed by atoms with Crippen molar-refractivity contribution in [3.63, 3.8) is 0 Å². The minimum Gasteiger partial charge on any atom is -0.465 e. The maximum atomic E-state index is 12.9. The van der Waals surface area contributed by atoms with E-state index in [-0.39, 0.29) is 49.2 Å². The Kier molecular flexibility index (Phi) is 12.5. The van der Waals surface area contributed by atoms with Crippen LogP contribution >= 0.6 is 12.4 Å². The summed E-state index contributed by atoms with van der Waals surface area (Å²) in [6.07, 6.45) is 0.433. The van der Waals surface area contributed by atoms with Crippen LogP contribution in [-0.4, -0.2) is 52.4 Å². The van der Waals surface area contributed by atoms with E-state index in [4.69, 9.17) is 5.41 Å². The number of rotatable bonds is 10. The van der Waals surface area contributed by atoms with Gasteiger partial charge in [-0.3, -0.25) is 19.9 Å². The van der Waals surface area contributed by atoms with Crippen LogP contribution < -0.4 is 16.0 Å². The smallest absolute Gasteiger partial charge is 0.413 e. The lowest BCUT2D eigenvalue weighted by Crippen LogP contribution is -2.53. The third kappa shape index (κ3) is 9.14. The van der Waals surface area contributed by atoms with Crippen molar-refractivity contribution >= 4 is 36.2 Å². The van der Waals surface area contributed by atoms with Gasteiger partial charge in [-0.15, -0.1) is 12.4 Å². The van der Waals surface area contributed by atoms with Crippen molar-refractivity contribution in [2.24, 2.45) is 0 Å². The SMILES string of the molecule is CC(C)c1ccc(CN(C(=N)c2ccc(CNC(=O)[C@H](C)NC(=O)[C@H]3C[C@@H](c4ccccc4)CCN3)cc2)C(=O)O)cc1.Cl. The Morgan fingerprint density at radius 2 is 1.59 bits per heavy atom. The van der Waals surface area contributed by atoms with Gasteiger partial charge in [0.05, 0.1) is 12.6 Å². The minimum atomic E-state index is -1.20. The molecular weight excluding hydrogens is 578 g/mol. The molecule has 4 rings (SSSR count). The highest BCUT2D eigenvalue weighted by molar-refractivity contribution is 6.04. The van der Waals surface area contributed by atoms with E-state index in [0.29, 0.717) is 23.8 Å². The molecule has 1 saturated heterocycles. The van der Waals surface area contributed by atoms with E-state index >= 15 is 0 Å². The second-order valence-electron chi connectivity index (χ2n) is 11.4. The fraction of sp³-hybridized carbons (Fsp3) is 0.353. The molecule has 3 aromatic rings. The lowest BCUT2D eigenvalue weighted by molar-refractivity contribution is -0.130. The number of amidine groups is 1. The summed E-state index contributed by atoms with van der Waals surface area (Å²) in [6.45, 7) is 6.89. The fourth-order valence-electron chi connectivity index (χ4n) is 5.24. The third-order valence-corrected chi connectivity index (χ3v) is 7.93. The van der Waals surface area contributed by atoms with Crippen molar-refractivity contribution in [2.75, 3.05) is 6.54 Å². The van der Waals surface area contributed by atoms with Gasteiger partial charge in [-0.05, 0) is 60.4 Å². The first kappa shape index (κ1) is 34.3. The number of benzene rings is 3. The highest BCUT2D eigenvalue weighted by Crippen LogP contribution is 2.27. The van der Waals surface area contributed by atoms with E-state index in [1.54, 1.807) is 31.2 Å². The van der Waals surface area contributed by atoms with Gasteiger partial charge in [0.2, 0.25) is 11.8 Å². The predicted molar refractivity (Wildman–Crippen MR) is 174 cm³/mol. The van der Waals surface area contributed by atoms with Crippen LogP contribution in [0.5, 0.6) is 0 Å². The van der Waals surface area contributed by atoms with Crippen LogP contribution in [0.4, 0.5) is 4.79 Å². The molecule has 1 aliphatic rings. The number of hydrogen-bond acceptors (Lipinski definition) is 5. The Hall–Kier alpha value is -4.21. The number of nitrogens with one attached hydrogen (secondary N) is 4. The molecule has 0 unspecified atom stereocenters. The topological polar surface area (TPSA) is 135 Å². The van der Waals surface area contributed by atoms with E-state index in [1.165, 1.54) is 11.1 Å². The van der Waals surface area contributed by atoms with Gasteiger partial charge >= 0.3 is 6.09 Å². The summed E-state index contributed by atoms with van der Waals surface area (Å²) in [4.78, 5) is 38.6. The van der Waals surface area contributed by atoms with Crippen molar-refractivity contribution in [3.8, 4) is 0 Å². The Labute approximate surface area is 265 Å². The molecule has 9 nitrogen and oxygen atoms in total. The summed E-state index contributed by atoms with van der Waals surface area (Å²) in [7, 11) is 0. The van der Waals surface area contributed by atoms with E-state index in [0.717, 1.165) is 29.0 Å². The molecule has 0 aromatic heterocycles. The summed E-state index contributed by atoms with van der Waals surface area (Å²) in [5, 5.41) is 27.2. The third-order valence-electron chi connectivity index (χ3n) is 7.93. The highest BCUT2D eigenvalue weighted by Gasteiger charge is 2.29. The van der Waals surface area contributed by atoms with E-state index < -0.39 is 12.1 Å². The number of nitrogens with zero attached hydrogens (tertiary/aromatic N) is 1. The van der Waals surface area contributed by atoms with Crippen LogP contribution in [0.2, 0.25) is 0 Å². The van der Waals surface area contributed by atoms with E-state index in [1.807, 2.05) is 42.5 Å². The van der Waals surface area contributed by atoms with Crippen LogP contribution in [0.25, 0.3) is 0 Å². The molecule has 0 spiro atoms. The van der Waals surface area contributed by atoms with Crippen molar-refractivity contribution in [2.45, 2.75) is 70.6 Å². The summed E-state index contributed by atoms with van der Waals surface area (Å²) in [5.74, 6) is 0.0512. The lowest BCUT2D eigenvalue weighted by Gasteiger charge is -2.30. The van der Waals surface area contributed by atoms with Gasteiger partial charge in [0.1, 0.15) is 11.9 Å². The first-order valence-electron chi connectivity index (χ1n) is 14.8. The van der Waals surface area contributed by atoms with Crippen molar-refractivity contribution in [3.05, 3.63) is 107 Å². The summed E-state index contributed by atoms with van der Waals surface area (Å²) < 4.78 is 0. The maximum Gasteiger partial charge on any atom is 0.413 e. The van der Waals surface area contributed by atoms with Crippen LogP contribution in [0.3, 0.4) is 0 Å². The van der Waals surface area contributed by atoms with Gasteiger partial charge in [-0.2, -0.15) is 0 Å². The van der Waals surface area contributed by atoms with E-state index in [2.05, 4.69) is 41.9 Å². The summed E-state index contributed by atoms with van der Waals surface area (Å²) in [5.41, 5.74) is 4.42. The predicted octanol–water partition coefficient (Wildman–Crippen LogP) is 5.39. The number of carbonyl (C=O) groups is 3. The van der Waals surface area contributed by atoms with Crippen LogP contribution in [0, 0.1) is 5.41 Å². The molecule has 1 fully saturated rings. The average Bonchev–Trinajstić information content (AvgIpc) is 3.02. The zero-order valence-corrected chi connectivity index (χ0v) is 26.2. The zero-order valence-electron chi connectivity index (χ0n) is 25.4. The zero-order chi connectivity index (χ0) is 30.9. The molecule has 44 heavy (non-hydrogen) atoms. The number of carbonyl (C=O) groups excluding carboxylic acids is 2. The monoisotopic (exact) mass is 619 g/mol. The highest BCUT2D eigenvalue weighted by atomic mass is 35.5. The molecule has 10 heteroatoms. The lowest BCUT2D eigenvalue weighted by atomic mass is 9.86. The van der Waals surface area contributed by atoms with E-state index in [9.17, 15) is 19.5 Å². The molecule has 3 aromatic carbocycles. The minimum absolute atomic E-state index is 0. The quantitative estimate of drug-likeness (QED) is 0.153. The summed E-state index contributed by atoms with van der Waals surface area (Å²) >= 11 is 0. The van der Waals surface area contributed by atoms with Crippen molar-refractivity contribution < 1.29 is 19.5 Å². The first-order valence-corrected chi connectivity index (χ1v) is 14.8. The second kappa shape index (κ2) is 16.0. The van der Waals surface area contributed by atoms with Gasteiger partial charge < -0.3 is 21.1 Å². The number of piperidine rings is 1. The molecule has 0 bridgehead atoms. The molecule has 5 N–H and O–H groups in total. The standard InChI is InChI=1S/C34H41N5O4.ClH/c1-22(2)26-13-11-25(12-14-26)21-39(34(42)43)31(35)28-15-9-24(10-16-28)20-37-32(40)23(3)38-33(41)30-19-29(17-18-36-30)27-7-5-4-6-8-27;/h4-16,22-23,29-30,35-36H,17-21H2,1-3H3,(H,37,40)(H,38,41)(H,42,43);1H/t23-,29-,30+;/m0./s1. The van der Waals surface area contributed by atoms with Crippen molar-refractivity contribution in [1.29, 1.82) is 5.41 Å². The van der Waals surface area contributed by atoms with Crippen LogP contribution in [-0.2, 0) is 22.7 Å². The number of amides is 3. The second-order valence-corrected chi connectivity index (χ2v) is 11.4. The van der Waals surface area contributed by atoms with Crippen LogP contribution in [0.1, 0.15) is 73.3 Å². The van der Waals surface area contributed by atoms with Gasteiger partial charge in [0, 0.05) is 12.1 Å². The van der Waals surface area contributed by atoms with Gasteiger partial charge in [0.25, 0.3) is 0 Å². The Bertz CT molecular complexity index is 1410. The normalized spacial score (nSPS) is 16.7. The molecular formula is C34H42ClN5O4. The molecule has 3 amide bonds. The number of hydrogen-bond donors (Lipinski definition) is 5. The molecule has 0 aliphatic carbocycles. The van der Waals surface area contributed by atoms with Crippen LogP contribution in [0.15, 0.2) is 78.9 Å². The molecule has 1 aliphatic heterocycles.